The molecule has 3 heteroatoms. The maximum Gasteiger partial charge on any atom is 0.0711 e. The van der Waals surface area contributed by atoms with Crippen LogP contribution in [0.15, 0.2) is 12.3 Å². The van der Waals surface area contributed by atoms with E-state index in [0.29, 0.717) is 18.4 Å². The van der Waals surface area contributed by atoms with Gasteiger partial charge in [0.05, 0.1) is 17.3 Å². The van der Waals surface area contributed by atoms with Crippen LogP contribution in [0.1, 0.15) is 77.5 Å². The van der Waals surface area contributed by atoms with Gasteiger partial charge in [-0.3, -0.25) is 4.68 Å². The largest absolute Gasteiger partial charge is 0.389 e. The molecule has 0 radical (unpaired) electrons. The fraction of sp³-hybridized carbons (Fsp3) is 0.833. The lowest BCUT2D eigenvalue weighted by Crippen LogP contribution is -2.43. The van der Waals surface area contributed by atoms with E-state index >= 15 is 0 Å². The third-order valence-electron chi connectivity index (χ3n) is 5.31. The normalized spacial score (nSPS) is 33.4. The number of hydrogen-bond acceptors (Lipinski definition) is 2. The van der Waals surface area contributed by atoms with Crippen LogP contribution in [0.5, 0.6) is 0 Å². The summed E-state index contributed by atoms with van der Waals surface area (Å²) in [6.07, 6.45) is 11.0. The lowest BCUT2D eigenvalue weighted by Gasteiger charge is -2.44. The van der Waals surface area contributed by atoms with Crippen molar-refractivity contribution in [1.82, 2.24) is 9.78 Å². The number of aliphatic hydroxyl groups is 1. The number of aromatic nitrogens is 2. The monoisotopic (exact) mass is 290 g/mol. The maximum atomic E-state index is 11.1. The first-order valence-electron chi connectivity index (χ1n) is 8.62. The van der Waals surface area contributed by atoms with Crippen molar-refractivity contribution in [3.63, 3.8) is 0 Å². The Morgan fingerprint density at radius 1 is 1.29 bits per heavy atom. The van der Waals surface area contributed by atoms with Gasteiger partial charge in [0.2, 0.25) is 0 Å². The minimum atomic E-state index is -0.573. The van der Waals surface area contributed by atoms with Crippen LogP contribution in [-0.4, -0.2) is 20.5 Å². The molecule has 2 aliphatic rings. The zero-order chi connectivity index (χ0) is 15.1. The minimum Gasteiger partial charge on any atom is -0.389 e. The Kier molecular flexibility index (Phi) is 3.89. The third-order valence-corrected chi connectivity index (χ3v) is 5.31. The predicted octanol–water partition coefficient (Wildman–Crippen LogP) is 4.12. The van der Waals surface area contributed by atoms with Crippen molar-refractivity contribution in [2.45, 2.75) is 83.8 Å². The number of nitrogens with zero attached hydrogens (tertiary/aromatic N) is 2. The molecule has 0 aliphatic heterocycles. The molecule has 0 saturated heterocycles. The molecule has 0 spiro atoms. The summed E-state index contributed by atoms with van der Waals surface area (Å²) in [5.74, 6) is 0.593. The Morgan fingerprint density at radius 3 is 2.67 bits per heavy atom. The van der Waals surface area contributed by atoms with E-state index in [2.05, 4.69) is 37.7 Å². The van der Waals surface area contributed by atoms with E-state index < -0.39 is 5.60 Å². The van der Waals surface area contributed by atoms with Crippen molar-refractivity contribution in [2.24, 2.45) is 11.3 Å². The van der Waals surface area contributed by atoms with E-state index in [0.717, 1.165) is 18.5 Å². The third kappa shape index (κ3) is 3.50. The summed E-state index contributed by atoms with van der Waals surface area (Å²) in [5, 5.41) is 15.8. The lowest BCUT2D eigenvalue weighted by atomic mass is 9.64. The van der Waals surface area contributed by atoms with Crippen molar-refractivity contribution in [3.8, 4) is 0 Å². The Labute approximate surface area is 128 Å². The van der Waals surface area contributed by atoms with Gasteiger partial charge in [0.15, 0.2) is 0 Å². The van der Waals surface area contributed by atoms with E-state index in [4.69, 9.17) is 5.10 Å². The molecular weight excluding hydrogens is 260 g/mol. The van der Waals surface area contributed by atoms with Gasteiger partial charge in [0.25, 0.3) is 0 Å². The Hall–Kier alpha value is -0.830. The molecule has 0 aromatic carbocycles. The predicted molar refractivity (Wildman–Crippen MR) is 85.2 cm³/mol. The molecule has 2 aliphatic carbocycles. The zero-order valence-corrected chi connectivity index (χ0v) is 13.8. The van der Waals surface area contributed by atoms with E-state index in [1.807, 2.05) is 0 Å². The molecule has 1 heterocycles. The SMILES string of the molecule is CC1CC(C)(C)CC(O)(Cc2ccn(C3CCCC3)n2)C1. The first kappa shape index (κ1) is 15.1. The molecule has 21 heavy (non-hydrogen) atoms. The fourth-order valence-corrected chi connectivity index (χ4v) is 5.01. The Morgan fingerprint density at radius 2 is 2.00 bits per heavy atom. The van der Waals surface area contributed by atoms with Crippen molar-refractivity contribution >= 4 is 0 Å². The standard InChI is InChI=1S/C18H30N2O/c1-14-10-17(2,3)13-18(21,11-14)12-15-8-9-20(19-15)16-6-4-5-7-16/h8-9,14,16,21H,4-7,10-13H2,1-3H3. The first-order chi connectivity index (χ1) is 9.85. The summed E-state index contributed by atoms with van der Waals surface area (Å²) in [7, 11) is 0. The highest BCUT2D eigenvalue weighted by molar-refractivity contribution is 5.07. The molecule has 2 atom stereocenters. The summed E-state index contributed by atoms with van der Waals surface area (Å²) in [6.45, 7) is 6.83. The second-order valence-electron chi connectivity index (χ2n) is 8.48. The van der Waals surface area contributed by atoms with Crippen molar-refractivity contribution in [1.29, 1.82) is 0 Å². The number of hydrogen-bond donors (Lipinski definition) is 1. The topological polar surface area (TPSA) is 38.0 Å². The smallest absolute Gasteiger partial charge is 0.0711 e. The van der Waals surface area contributed by atoms with Gasteiger partial charge >= 0.3 is 0 Å². The zero-order valence-electron chi connectivity index (χ0n) is 13.8. The second-order valence-corrected chi connectivity index (χ2v) is 8.48. The summed E-state index contributed by atoms with van der Waals surface area (Å²) < 4.78 is 2.14. The number of rotatable bonds is 3. The molecule has 118 valence electrons. The average molecular weight is 290 g/mol. The summed E-state index contributed by atoms with van der Waals surface area (Å²) >= 11 is 0. The molecule has 2 saturated carbocycles. The van der Waals surface area contributed by atoms with E-state index in [-0.39, 0.29) is 5.41 Å². The highest BCUT2D eigenvalue weighted by atomic mass is 16.3. The van der Waals surface area contributed by atoms with E-state index in [1.165, 1.54) is 32.1 Å². The molecule has 0 bridgehead atoms. The molecule has 1 N–H and O–H groups in total. The quantitative estimate of drug-likeness (QED) is 0.909. The molecular formula is C18H30N2O. The van der Waals surface area contributed by atoms with Crippen molar-refractivity contribution in [3.05, 3.63) is 18.0 Å². The molecule has 3 nitrogen and oxygen atoms in total. The van der Waals surface area contributed by atoms with E-state index in [9.17, 15) is 5.11 Å². The van der Waals surface area contributed by atoms with Crippen LogP contribution >= 0.6 is 0 Å². The van der Waals surface area contributed by atoms with Gasteiger partial charge in [-0.15, -0.1) is 0 Å². The van der Waals surface area contributed by atoms with Crippen LogP contribution in [-0.2, 0) is 6.42 Å². The summed E-state index contributed by atoms with van der Waals surface area (Å²) in [5.41, 5.74) is 0.727. The Bertz CT molecular complexity index is 487. The Balaban J connectivity index is 1.70. The maximum absolute atomic E-state index is 11.1. The first-order valence-corrected chi connectivity index (χ1v) is 8.62. The van der Waals surface area contributed by atoms with Gasteiger partial charge in [0, 0.05) is 12.6 Å². The molecule has 1 aromatic heterocycles. The molecule has 2 unspecified atom stereocenters. The van der Waals surface area contributed by atoms with Crippen molar-refractivity contribution in [2.75, 3.05) is 0 Å². The van der Waals surface area contributed by atoms with Gasteiger partial charge < -0.3 is 5.11 Å². The minimum absolute atomic E-state index is 0.237. The van der Waals surface area contributed by atoms with Crippen LogP contribution < -0.4 is 0 Å². The second kappa shape index (κ2) is 5.42. The van der Waals surface area contributed by atoms with Crippen molar-refractivity contribution < 1.29 is 5.11 Å². The van der Waals surface area contributed by atoms with Gasteiger partial charge in [-0.25, -0.2) is 0 Å². The van der Waals surface area contributed by atoms with Gasteiger partial charge in [-0.05, 0) is 49.5 Å². The molecule has 2 fully saturated rings. The van der Waals surface area contributed by atoms with Crippen LogP contribution in [0.3, 0.4) is 0 Å². The fourth-order valence-electron chi connectivity index (χ4n) is 5.01. The molecule has 1 aromatic rings. The lowest BCUT2D eigenvalue weighted by molar-refractivity contribution is -0.0581. The summed E-state index contributed by atoms with van der Waals surface area (Å²) in [4.78, 5) is 0. The molecule has 0 amide bonds. The van der Waals surface area contributed by atoms with E-state index in [1.54, 1.807) is 0 Å². The van der Waals surface area contributed by atoms with Gasteiger partial charge in [-0.1, -0.05) is 33.6 Å². The average Bonchev–Trinajstić information content (AvgIpc) is 2.93. The highest BCUT2D eigenvalue weighted by Crippen LogP contribution is 2.45. The van der Waals surface area contributed by atoms with Crippen LogP contribution in [0, 0.1) is 11.3 Å². The van der Waals surface area contributed by atoms with Crippen LogP contribution in [0.2, 0.25) is 0 Å². The van der Waals surface area contributed by atoms with Crippen LogP contribution in [0.25, 0.3) is 0 Å². The van der Waals surface area contributed by atoms with Gasteiger partial charge in [-0.2, -0.15) is 5.10 Å². The highest BCUT2D eigenvalue weighted by Gasteiger charge is 2.41. The molecule has 3 rings (SSSR count). The van der Waals surface area contributed by atoms with Crippen LogP contribution in [0.4, 0.5) is 0 Å². The van der Waals surface area contributed by atoms with Gasteiger partial charge in [0.1, 0.15) is 0 Å². The summed E-state index contributed by atoms with van der Waals surface area (Å²) in [6, 6.07) is 2.71.